The third kappa shape index (κ3) is 2.33. The van der Waals surface area contributed by atoms with Crippen molar-refractivity contribution in [3.05, 3.63) is 71.4 Å². The maximum absolute atomic E-state index is 13.5. The smallest absolute Gasteiger partial charge is 0.231 e. The summed E-state index contributed by atoms with van der Waals surface area (Å²) in [6.07, 6.45) is 0. The maximum Gasteiger partial charge on any atom is 0.231 e. The highest BCUT2D eigenvalue weighted by atomic mass is 19.1. The molecule has 0 radical (unpaired) electrons. The van der Waals surface area contributed by atoms with Gasteiger partial charge in [0.1, 0.15) is 5.82 Å². The van der Waals surface area contributed by atoms with E-state index in [0.29, 0.717) is 23.2 Å². The van der Waals surface area contributed by atoms with E-state index >= 15 is 0 Å². The molecule has 1 aliphatic rings. The molecule has 1 aromatic heterocycles. The molecule has 1 heterocycles. The quantitative estimate of drug-likeness (QED) is 0.674. The van der Waals surface area contributed by atoms with Gasteiger partial charge in [0.2, 0.25) is 11.7 Å². The standard InChI is InChI=1S/C20H19FN2O/c1-12-9-10-14(21)11-15(12)18-22-19(24-23-18)17-16(20(17,2)3)13-7-5-4-6-8-13/h4-11,16-17H,1-3H3/t16-,17+/m0/s1. The first kappa shape index (κ1) is 15.1. The molecule has 3 nitrogen and oxygen atoms in total. The molecule has 0 spiro atoms. The largest absolute Gasteiger partial charge is 0.339 e. The Labute approximate surface area is 140 Å². The average molecular weight is 322 g/mol. The van der Waals surface area contributed by atoms with Crippen LogP contribution in [0.4, 0.5) is 4.39 Å². The first-order valence-corrected chi connectivity index (χ1v) is 8.13. The Balaban J connectivity index is 1.67. The van der Waals surface area contributed by atoms with E-state index in [1.165, 1.54) is 17.7 Å². The Morgan fingerprint density at radius 3 is 2.54 bits per heavy atom. The lowest BCUT2D eigenvalue weighted by Gasteiger charge is -2.01. The molecule has 0 unspecified atom stereocenters. The van der Waals surface area contributed by atoms with Gasteiger partial charge >= 0.3 is 0 Å². The minimum atomic E-state index is -0.295. The predicted molar refractivity (Wildman–Crippen MR) is 90.1 cm³/mol. The Morgan fingerprint density at radius 2 is 1.79 bits per heavy atom. The number of aromatic nitrogens is 2. The third-order valence-electron chi connectivity index (χ3n) is 5.13. The van der Waals surface area contributed by atoms with Crippen molar-refractivity contribution in [1.82, 2.24) is 10.1 Å². The van der Waals surface area contributed by atoms with Crippen LogP contribution in [0.5, 0.6) is 0 Å². The first-order valence-electron chi connectivity index (χ1n) is 8.13. The van der Waals surface area contributed by atoms with Crippen LogP contribution in [0.15, 0.2) is 53.1 Å². The van der Waals surface area contributed by atoms with Crippen LogP contribution in [0.3, 0.4) is 0 Å². The fourth-order valence-corrected chi connectivity index (χ4v) is 3.69. The van der Waals surface area contributed by atoms with Crippen LogP contribution >= 0.6 is 0 Å². The van der Waals surface area contributed by atoms with Crippen LogP contribution in [0.1, 0.15) is 42.7 Å². The number of benzene rings is 2. The van der Waals surface area contributed by atoms with E-state index in [2.05, 4.69) is 48.3 Å². The maximum atomic E-state index is 13.5. The lowest BCUT2D eigenvalue weighted by atomic mass is 10.0. The SMILES string of the molecule is Cc1ccc(F)cc1-c1noc([C@H]2[C@H](c3ccccc3)C2(C)C)n1. The van der Waals surface area contributed by atoms with Crippen LogP contribution < -0.4 is 0 Å². The minimum absolute atomic E-state index is 0.0716. The van der Waals surface area contributed by atoms with E-state index in [0.717, 1.165) is 5.56 Å². The molecule has 1 saturated carbocycles. The molecule has 0 N–H and O–H groups in total. The van der Waals surface area contributed by atoms with Crippen molar-refractivity contribution >= 4 is 0 Å². The van der Waals surface area contributed by atoms with Gasteiger partial charge in [0, 0.05) is 11.5 Å². The van der Waals surface area contributed by atoms with Gasteiger partial charge in [-0.2, -0.15) is 4.98 Å². The molecule has 2 atom stereocenters. The van der Waals surface area contributed by atoms with Crippen LogP contribution in [-0.4, -0.2) is 10.1 Å². The Hall–Kier alpha value is -2.49. The molecule has 0 saturated heterocycles. The second-order valence-electron chi connectivity index (χ2n) is 7.10. The van der Waals surface area contributed by atoms with Gasteiger partial charge in [-0.15, -0.1) is 0 Å². The molecule has 1 fully saturated rings. The zero-order valence-electron chi connectivity index (χ0n) is 14.0. The minimum Gasteiger partial charge on any atom is -0.339 e. The summed E-state index contributed by atoms with van der Waals surface area (Å²) < 4.78 is 19.1. The monoisotopic (exact) mass is 322 g/mol. The molecular weight excluding hydrogens is 303 g/mol. The zero-order valence-corrected chi connectivity index (χ0v) is 14.0. The number of nitrogens with zero attached hydrogens (tertiary/aromatic N) is 2. The molecule has 2 aromatic carbocycles. The number of aryl methyl sites for hydroxylation is 1. The van der Waals surface area contributed by atoms with Gasteiger partial charge in [-0.25, -0.2) is 4.39 Å². The number of hydrogen-bond donors (Lipinski definition) is 0. The number of halogens is 1. The van der Waals surface area contributed by atoms with Crippen molar-refractivity contribution in [2.75, 3.05) is 0 Å². The first-order chi connectivity index (χ1) is 11.5. The Bertz CT molecular complexity index is 886. The Morgan fingerprint density at radius 1 is 1.04 bits per heavy atom. The zero-order chi connectivity index (χ0) is 16.9. The summed E-state index contributed by atoms with van der Waals surface area (Å²) in [6, 6.07) is 15.0. The van der Waals surface area contributed by atoms with Crippen LogP contribution in [-0.2, 0) is 0 Å². The molecule has 0 aliphatic heterocycles. The van der Waals surface area contributed by atoms with Crippen LogP contribution in [0, 0.1) is 18.2 Å². The van der Waals surface area contributed by atoms with Crippen molar-refractivity contribution < 1.29 is 8.91 Å². The highest BCUT2D eigenvalue weighted by Gasteiger charge is 2.61. The topological polar surface area (TPSA) is 38.9 Å². The summed E-state index contributed by atoms with van der Waals surface area (Å²) in [5.74, 6) is 1.34. The van der Waals surface area contributed by atoms with Gasteiger partial charge in [0.05, 0.1) is 5.92 Å². The van der Waals surface area contributed by atoms with Crippen LogP contribution in [0.25, 0.3) is 11.4 Å². The van der Waals surface area contributed by atoms with E-state index in [9.17, 15) is 4.39 Å². The van der Waals surface area contributed by atoms with E-state index in [-0.39, 0.29) is 17.2 Å². The van der Waals surface area contributed by atoms with Crippen molar-refractivity contribution in [1.29, 1.82) is 0 Å². The lowest BCUT2D eigenvalue weighted by molar-refractivity contribution is 0.368. The fourth-order valence-electron chi connectivity index (χ4n) is 3.69. The molecular formula is C20H19FN2O. The van der Waals surface area contributed by atoms with Gasteiger partial charge in [0.15, 0.2) is 0 Å². The molecule has 4 heteroatoms. The van der Waals surface area contributed by atoms with Gasteiger partial charge < -0.3 is 4.52 Å². The summed E-state index contributed by atoms with van der Waals surface area (Å²) >= 11 is 0. The summed E-state index contributed by atoms with van der Waals surface area (Å²) in [4.78, 5) is 4.57. The second kappa shape index (κ2) is 5.26. The third-order valence-corrected chi connectivity index (χ3v) is 5.13. The van der Waals surface area contributed by atoms with E-state index < -0.39 is 0 Å². The van der Waals surface area contributed by atoms with Crippen LogP contribution in [0.2, 0.25) is 0 Å². The molecule has 0 amide bonds. The average Bonchev–Trinajstić information content (AvgIpc) is 2.93. The molecule has 4 rings (SSSR count). The van der Waals surface area contributed by atoms with Crippen molar-refractivity contribution in [2.45, 2.75) is 32.6 Å². The highest BCUT2D eigenvalue weighted by molar-refractivity contribution is 5.59. The lowest BCUT2D eigenvalue weighted by Crippen LogP contribution is -1.91. The summed E-state index contributed by atoms with van der Waals surface area (Å²) in [5.41, 5.74) is 2.97. The predicted octanol–water partition coefficient (Wildman–Crippen LogP) is 5.09. The molecule has 122 valence electrons. The summed E-state index contributed by atoms with van der Waals surface area (Å²) in [7, 11) is 0. The summed E-state index contributed by atoms with van der Waals surface area (Å²) in [5, 5.41) is 4.09. The molecule has 3 aromatic rings. The van der Waals surface area contributed by atoms with E-state index in [1.807, 2.05) is 13.0 Å². The summed E-state index contributed by atoms with van der Waals surface area (Å²) in [6.45, 7) is 6.35. The van der Waals surface area contributed by atoms with Gasteiger partial charge in [0.25, 0.3) is 0 Å². The number of rotatable bonds is 3. The van der Waals surface area contributed by atoms with E-state index in [1.54, 1.807) is 6.07 Å². The van der Waals surface area contributed by atoms with Gasteiger partial charge in [-0.1, -0.05) is 55.4 Å². The highest BCUT2D eigenvalue weighted by Crippen LogP contribution is 2.69. The normalized spacial score (nSPS) is 21.7. The Kier molecular flexibility index (Phi) is 3.30. The molecule has 0 bridgehead atoms. The van der Waals surface area contributed by atoms with Crippen molar-refractivity contribution in [3.63, 3.8) is 0 Å². The fraction of sp³-hybridized carbons (Fsp3) is 0.300. The van der Waals surface area contributed by atoms with Gasteiger partial charge in [-0.3, -0.25) is 0 Å². The van der Waals surface area contributed by atoms with Crippen molar-refractivity contribution in [2.24, 2.45) is 5.41 Å². The number of hydrogen-bond acceptors (Lipinski definition) is 3. The molecule has 24 heavy (non-hydrogen) atoms. The van der Waals surface area contributed by atoms with Gasteiger partial charge in [-0.05, 0) is 35.6 Å². The second-order valence-corrected chi connectivity index (χ2v) is 7.10. The van der Waals surface area contributed by atoms with E-state index in [4.69, 9.17) is 4.52 Å². The molecule has 1 aliphatic carbocycles. The van der Waals surface area contributed by atoms with Crippen molar-refractivity contribution in [3.8, 4) is 11.4 Å².